The van der Waals surface area contributed by atoms with E-state index in [1.807, 2.05) is 13.0 Å². The first kappa shape index (κ1) is 10.3. The average Bonchev–Trinajstić information content (AvgIpc) is 2.34. The summed E-state index contributed by atoms with van der Waals surface area (Å²) in [6.07, 6.45) is 1.68. The van der Waals surface area contributed by atoms with Gasteiger partial charge in [-0.15, -0.1) is 0 Å². The van der Waals surface area contributed by atoms with Crippen LogP contribution in [0.15, 0.2) is 16.7 Å². The van der Waals surface area contributed by atoms with Gasteiger partial charge in [-0.2, -0.15) is 0 Å². The number of aryl methyl sites for hydroxylation is 1. The van der Waals surface area contributed by atoms with Crippen LogP contribution in [-0.4, -0.2) is 17.3 Å². The zero-order valence-corrected chi connectivity index (χ0v) is 8.42. The van der Waals surface area contributed by atoms with Gasteiger partial charge in [0.1, 0.15) is 5.76 Å². The van der Waals surface area contributed by atoms with Gasteiger partial charge in [0.15, 0.2) is 0 Å². The van der Waals surface area contributed by atoms with Crippen LogP contribution in [-0.2, 0) is 6.54 Å². The van der Waals surface area contributed by atoms with Crippen LogP contribution in [0.2, 0.25) is 0 Å². The lowest BCUT2D eigenvalue weighted by Crippen LogP contribution is -2.34. The fraction of sp³-hybridized carbons (Fsp3) is 0.600. The molecule has 0 saturated carbocycles. The van der Waals surface area contributed by atoms with E-state index >= 15 is 0 Å². The summed E-state index contributed by atoms with van der Waals surface area (Å²) in [5.41, 5.74) is 0.476. The highest BCUT2D eigenvalue weighted by Gasteiger charge is 2.11. The van der Waals surface area contributed by atoms with Gasteiger partial charge in [0.2, 0.25) is 0 Å². The zero-order valence-electron chi connectivity index (χ0n) is 8.42. The van der Waals surface area contributed by atoms with E-state index < -0.39 is 5.60 Å². The Balaban J connectivity index is 2.32. The predicted molar refractivity (Wildman–Crippen MR) is 51.4 cm³/mol. The van der Waals surface area contributed by atoms with Gasteiger partial charge in [-0.25, -0.2) is 0 Å². The van der Waals surface area contributed by atoms with Crippen LogP contribution >= 0.6 is 0 Å². The van der Waals surface area contributed by atoms with Crippen LogP contribution in [0, 0.1) is 6.92 Å². The average molecular weight is 183 g/mol. The molecule has 3 nitrogen and oxygen atoms in total. The second kappa shape index (κ2) is 3.94. The first-order chi connectivity index (χ1) is 5.99. The summed E-state index contributed by atoms with van der Waals surface area (Å²) >= 11 is 0. The van der Waals surface area contributed by atoms with E-state index in [1.54, 1.807) is 20.1 Å². The Morgan fingerprint density at radius 3 is 2.69 bits per heavy atom. The molecule has 0 aliphatic heterocycles. The lowest BCUT2D eigenvalue weighted by Gasteiger charge is -2.17. The third kappa shape index (κ3) is 3.61. The van der Waals surface area contributed by atoms with E-state index in [4.69, 9.17) is 4.42 Å². The lowest BCUT2D eigenvalue weighted by molar-refractivity contribution is 0.0790. The number of nitrogens with one attached hydrogen (secondary N) is 1. The molecular weight excluding hydrogens is 166 g/mol. The van der Waals surface area contributed by atoms with Gasteiger partial charge in [0.25, 0.3) is 0 Å². The van der Waals surface area contributed by atoms with Gasteiger partial charge >= 0.3 is 0 Å². The number of aliphatic hydroxyl groups is 1. The quantitative estimate of drug-likeness (QED) is 0.742. The monoisotopic (exact) mass is 183 g/mol. The molecule has 1 heterocycles. The Bertz CT molecular complexity index is 260. The summed E-state index contributed by atoms with van der Waals surface area (Å²) in [7, 11) is 0. The third-order valence-corrected chi connectivity index (χ3v) is 1.81. The standard InChI is InChI=1S/C10H17NO2/c1-8-4-5-13-9(8)6-11-7-10(2,3)12/h4-5,11-12H,6-7H2,1-3H3. The highest BCUT2D eigenvalue weighted by molar-refractivity contribution is 5.14. The Morgan fingerprint density at radius 2 is 2.23 bits per heavy atom. The summed E-state index contributed by atoms with van der Waals surface area (Å²) in [5, 5.41) is 12.5. The van der Waals surface area contributed by atoms with E-state index in [0.29, 0.717) is 13.1 Å². The summed E-state index contributed by atoms with van der Waals surface area (Å²) in [6, 6.07) is 1.93. The van der Waals surface area contributed by atoms with Crippen LogP contribution in [0.3, 0.4) is 0 Å². The van der Waals surface area contributed by atoms with Gasteiger partial charge in [0, 0.05) is 6.54 Å². The summed E-state index contributed by atoms with van der Waals surface area (Å²) < 4.78 is 5.23. The van der Waals surface area contributed by atoms with E-state index in [0.717, 1.165) is 11.3 Å². The van der Waals surface area contributed by atoms with Crippen molar-refractivity contribution in [3.8, 4) is 0 Å². The normalized spacial score (nSPS) is 12.0. The van der Waals surface area contributed by atoms with Crippen molar-refractivity contribution in [1.29, 1.82) is 0 Å². The SMILES string of the molecule is Cc1ccoc1CNCC(C)(C)O. The number of rotatable bonds is 4. The highest BCUT2D eigenvalue weighted by Crippen LogP contribution is 2.08. The molecule has 1 aromatic heterocycles. The van der Waals surface area contributed by atoms with Crippen molar-refractivity contribution in [1.82, 2.24) is 5.32 Å². The molecule has 1 aromatic rings. The largest absolute Gasteiger partial charge is 0.468 e. The molecule has 0 unspecified atom stereocenters. The Labute approximate surface area is 78.8 Å². The fourth-order valence-electron chi connectivity index (χ4n) is 1.07. The topological polar surface area (TPSA) is 45.4 Å². The molecule has 1 rings (SSSR count). The smallest absolute Gasteiger partial charge is 0.120 e. The molecule has 0 fully saturated rings. The highest BCUT2D eigenvalue weighted by atomic mass is 16.3. The lowest BCUT2D eigenvalue weighted by atomic mass is 10.1. The minimum Gasteiger partial charge on any atom is -0.468 e. The van der Waals surface area contributed by atoms with Gasteiger partial charge in [-0.05, 0) is 32.4 Å². The fourth-order valence-corrected chi connectivity index (χ4v) is 1.07. The predicted octanol–water partition coefficient (Wildman–Crippen LogP) is 1.45. The van der Waals surface area contributed by atoms with Crippen molar-refractivity contribution >= 4 is 0 Å². The Hall–Kier alpha value is -0.800. The number of furan rings is 1. The first-order valence-electron chi connectivity index (χ1n) is 4.45. The molecular formula is C10H17NO2. The summed E-state index contributed by atoms with van der Waals surface area (Å²) in [4.78, 5) is 0. The molecule has 3 heteroatoms. The maximum atomic E-state index is 9.42. The Morgan fingerprint density at radius 1 is 1.54 bits per heavy atom. The number of hydrogen-bond acceptors (Lipinski definition) is 3. The van der Waals surface area contributed by atoms with Crippen LogP contribution in [0.1, 0.15) is 25.2 Å². The third-order valence-electron chi connectivity index (χ3n) is 1.81. The van der Waals surface area contributed by atoms with Gasteiger partial charge in [-0.3, -0.25) is 0 Å². The van der Waals surface area contributed by atoms with Crippen LogP contribution < -0.4 is 5.32 Å². The maximum Gasteiger partial charge on any atom is 0.120 e. The molecule has 0 bridgehead atoms. The molecule has 0 spiro atoms. The van der Waals surface area contributed by atoms with Crippen LogP contribution in [0.25, 0.3) is 0 Å². The Kier molecular flexibility index (Phi) is 3.12. The van der Waals surface area contributed by atoms with E-state index in [2.05, 4.69) is 5.32 Å². The number of hydrogen-bond donors (Lipinski definition) is 2. The summed E-state index contributed by atoms with van der Waals surface area (Å²) in [6.45, 7) is 6.78. The van der Waals surface area contributed by atoms with Crippen molar-refractivity contribution in [3.05, 3.63) is 23.7 Å². The van der Waals surface area contributed by atoms with Crippen molar-refractivity contribution in [2.75, 3.05) is 6.54 Å². The molecule has 0 amide bonds. The van der Waals surface area contributed by atoms with E-state index in [1.165, 1.54) is 0 Å². The molecule has 0 atom stereocenters. The van der Waals surface area contributed by atoms with Crippen molar-refractivity contribution < 1.29 is 9.52 Å². The maximum absolute atomic E-state index is 9.42. The summed E-state index contributed by atoms with van der Waals surface area (Å²) in [5.74, 6) is 0.934. The zero-order chi connectivity index (χ0) is 9.90. The van der Waals surface area contributed by atoms with Crippen LogP contribution in [0.4, 0.5) is 0 Å². The van der Waals surface area contributed by atoms with Gasteiger partial charge in [-0.1, -0.05) is 0 Å². The van der Waals surface area contributed by atoms with Crippen molar-refractivity contribution in [2.45, 2.75) is 32.9 Å². The second-order valence-corrected chi connectivity index (χ2v) is 3.94. The van der Waals surface area contributed by atoms with Crippen molar-refractivity contribution in [2.24, 2.45) is 0 Å². The molecule has 0 aromatic carbocycles. The minimum absolute atomic E-state index is 0.563. The molecule has 0 radical (unpaired) electrons. The molecule has 74 valence electrons. The van der Waals surface area contributed by atoms with Gasteiger partial charge < -0.3 is 14.8 Å². The molecule has 0 aliphatic carbocycles. The van der Waals surface area contributed by atoms with Gasteiger partial charge in [0.05, 0.1) is 18.4 Å². The van der Waals surface area contributed by atoms with Crippen molar-refractivity contribution in [3.63, 3.8) is 0 Å². The second-order valence-electron chi connectivity index (χ2n) is 3.94. The molecule has 2 N–H and O–H groups in total. The first-order valence-corrected chi connectivity index (χ1v) is 4.45. The molecule has 0 saturated heterocycles. The van der Waals surface area contributed by atoms with Crippen LogP contribution in [0.5, 0.6) is 0 Å². The minimum atomic E-state index is -0.666. The molecule has 0 aliphatic rings. The van der Waals surface area contributed by atoms with E-state index in [-0.39, 0.29) is 0 Å². The molecule has 13 heavy (non-hydrogen) atoms. The van der Waals surface area contributed by atoms with E-state index in [9.17, 15) is 5.11 Å².